The van der Waals surface area contributed by atoms with Gasteiger partial charge in [-0.1, -0.05) is 77.4 Å². The summed E-state index contributed by atoms with van der Waals surface area (Å²) in [6.45, 7) is 14.7. The minimum absolute atomic E-state index is 0.0312. The molecular weight excluding hydrogens is 492 g/mol. The maximum absolute atomic E-state index is 13.5. The zero-order valence-electron chi connectivity index (χ0n) is 23.9. The van der Waals surface area contributed by atoms with Crippen molar-refractivity contribution in [2.45, 2.75) is 90.3 Å². The molecule has 0 aromatic heterocycles. The maximum atomic E-state index is 13.5. The van der Waals surface area contributed by atoms with Gasteiger partial charge < -0.3 is 20.0 Å². The van der Waals surface area contributed by atoms with Crippen LogP contribution in [0.3, 0.4) is 0 Å². The highest BCUT2D eigenvalue weighted by Gasteiger charge is 2.37. The standard InChI is InChI=1S/C32H42N2O5/c1-7-9-10-11-27(35)39-34-28(23-14-17-25-26(21-23)32(5,6)19-18-31(25,3)4)29(36)33-24-15-12-22(13-16-24)30(37)38-20-8-2/h8,12-17,21,27,35H,2,7,9-11,18-20H2,1,3-6H3,(H,33,36)/b34-28-. The van der Waals surface area contributed by atoms with Gasteiger partial charge >= 0.3 is 5.97 Å². The Morgan fingerprint density at radius 3 is 2.31 bits per heavy atom. The van der Waals surface area contributed by atoms with Crippen LogP contribution in [0.5, 0.6) is 0 Å². The number of aliphatic hydroxyl groups is 1. The van der Waals surface area contributed by atoms with Crippen LogP contribution in [0.15, 0.2) is 60.3 Å². The number of carbonyl (C=O) groups is 2. The molecule has 2 aromatic rings. The topological polar surface area (TPSA) is 97.2 Å². The number of benzene rings is 2. The van der Waals surface area contributed by atoms with Gasteiger partial charge in [-0.15, -0.1) is 0 Å². The molecule has 0 radical (unpaired) electrons. The van der Waals surface area contributed by atoms with Gasteiger partial charge in [0.15, 0.2) is 5.71 Å². The van der Waals surface area contributed by atoms with E-state index in [1.807, 2.05) is 12.1 Å². The summed E-state index contributed by atoms with van der Waals surface area (Å²) >= 11 is 0. The molecule has 7 heteroatoms. The highest BCUT2D eigenvalue weighted by atomic mass is 16.7. The third-order valence-electron chi connectivity index (χ3n) is 7.37. The maximum Gasteiger partial charge on any atom is 0.338 e. The van der Waals surface area contributed by atoms with Gasteiger partial charge in [-0.3, -0.25) is 4.79 Å². The number of hydrogen-bond donors (Lipinski definition) is 2. The van der Waals surface area contributed by atoms with Gasteiger partial charge in [0.25, 0.3) is 5.91 Å². The van der Waals surface area contributed by atoms with E-state index in [9.17, 15) is 14.7 Å². The van der Waals surface area contributed by atoms with Crippen molar-refractivity contribution in [2.75, 3.05) is 11.9 Å². The zero-order chi connectivity index (χ0) is 28.6. The summed E-state index contributed by atoms with van der Waals surface area (Å²) in [5.41, 5.74) is 3.95. The number of fused-ring (bicyclic) bond motifs is 1. The van der Waals surface area contributed by atoms with E-state index >= 15 is 0 Å². The molecule has 39 heavy (non-hydrogen) atoms. The lowest BCUT2D eigenvalue weighted by atomic mass is 9.63. The molecule has 1 unspecified atom stereocenters. The summed E-state index contributed by atoms with van der Waals surface area (Å²) < 4.78 is 5.06. The van der Waals surface area contributed by atoms with E-state index in [4.69, 9.17) is 9.57 Å². The van der Waals surface area contributed by atoms with Crippen LogP contribution in [0.1, 0.15) is 100 Å². The first-order valence-corrected chi connectivity index (χ1v) is 13.7. The number of esters is 1. The van der Waals surface area contributed by atoms with Crippen LogP contribution in [0.2, 0.25) is 0 Å². The Morgan fingerprint density at radius 1 is 1.03 bits per heavy atom. The van der Waals surface area contributed by atoms with E-state index in [1.54, 1.807) is 24.3 Å². The van der Waals surface area contributed by atoms with E-state index in [0.717, 1.165) is 32.1 Å². The lowest BCUT2D eigenvalue weighted by Gasteiger charge is -2.42. The van der Waals surface area contributed by atoms with Gasteiger partial charge in [0, 0.05) is 17.7 Å². The normalized spacial score (nSPS) is 16.5. The number of rotatable bonds is 12. The van der Waals surface area contributed by atoms with Gasteiger partial charge in [0.2, 0.25) is 6.29 Å². The average Bonchev–Trinajstić information content (AvgIpc) is 2.90. The number of anilines is 1. The first-order valence-electron chi connectivity index (χ1n) is 13.7. The molecule has 1 aliphatic rings. The minimum Gasteiger partial charge on any atom is -0.458 e. The van der Waals surface area contributed by atoms with Crippen LogP contribution >= 0.6 is 0 Å². The number of oxime groups is 1. The highest BCUT2D eigenvalue weighted by Crippen LogP contribution is 2.46. The van der Waals surface area contributed by atoms with E-state index in [1.165, 1.54) is 17.2 Å². The SMILES string of the molecule is C=CCOC(=O)c1ccc(NC(=O)/C(=N\OC(O)CCCCC)c2ccc3c(c2)C(C)(C)CCC3(C)C)cc1. The number of nitrogens with zero attached hydrogens (tertiary/aromatic N) is 1. The fraction of sp³-hybridized carbons (Fsp3) is 0.469. The lowest BCUT2D eigenvalue weighted by Crippen LogP contribution is -2.34. The second-order valence-electron chi connectivity index (χ2n) is 11.4. The molecule has 1 aliphatic carbocycles. The van der Waals surface area contributed by atoms with Crippen molar-refractivity contribution in [3.63, 3.8) is 0 Å². The van der Waals surface area contributed by atoms with Crippen molar-refractivity contribution < 1.29 is 24.3 Å². The van der Waals surface area contributed by atoms with Crippen LogP contribution in [-0.4, -0.2) is 35.6 Å². The second-order valence-corrected chi connectivity index (χ2v) is 11.4. The Labute approximate surface area is 232 Å². The van der Waals surface area contributed by atoms with Crippen molar-refractivity contribution in [3.8, 4) is 0 Å². The van der Waals surface area contributed by atoms with Crippen molar-refractivity contribution in [3.05, 3.63) is 77.4 Å². The molecule has 0 fully saturated rings. The lowest BCUT2D eigenvalue weighted by molar-refractivity contribution is -0.113. The molecular formula is C32H42N2O5. The Bertz CT molecular complexity index is 1200. The van der Waals surface area contributed by atoms with E-state index in [-0.39, 0.29) is 23.1 Å². The molecule has 1 atom stereocenters. The van der Waals surface area contributed by atoms with Crippen LogP contribution in [0.25, 0.3) is 0 Å². The van der Waals surface area contributed by atoms with Crippen molar-refractivity contribution in [1.82, 2.24) is 0 Å². The third-order valence-corrected chi connectivity index (χ3v) is 7.37. The van der Waals surface area contributed by atoms with Crippen LogP contribution in [0.4, 0.5) is 5.69 Å². The van der Waals surface area contributed by atoms with Crippen LogP contribution in [0, 0.1) is 0 Å². The monoisotopic (exact) mass is 534 g/mol. The van der Waals surface area contributed by atoms with Gasteiger partial charge in [-0.2, -0.15) is 0 Å². The molecule has 2 aromatic carbocycles. The molecule has 0 heterocycles. The Morgan fingerprint density at radius 2 is 1.67 bits per heavy atom. The van der Waals surface area contributed by atoms with Crippen LogP contribution < -0.4 is 5.32 Å². The van der Waals surface area contributed by atoms with Gasteiger partial charge in [-0.05, 0) is 71.6 Å². The van der Waals surface area contributed by atoms with E-state index < -0.39 is 18.2 Å². The summed E-state index contributed by atoms with van der Waals surface area (Å²) in [5.74, 6) is -0.953. The first kappa shape index (κ1) is 30.1. The number of unbranched alkanes of at least 4 members (excludes halogenated alkanes) is 2. The second kappa shape index (κ2) is 13.1. The zero-order valence-corrected chi connectivity index (χ0v) is 23.9. The number of nitrogens with one attached hydrogen (secondary N) is 1. The van der Waals surface area contributed by atoms with Crippen molar-refractivity contribution >= 4 is 23.3 Å². The summed E-state index contributed by atoms with van der Waals surface area (Å²) in [6.07, 6.45) is 5.74. The molecule has 0 spiro atoms. The fourth-order valence-electron chi connectivity index (χ4n) is 4.79. The number of hydrogen-bond acceptors (Lipinski definition) is 6. The summed E-state index contributed by atoms with van der Waals surface area (Å²) in [6, 6.07) is 12.4. The first-order chi connectivity index (χ1) is 18.5. The Balaban J connectivity index is 1.90. The highest BCUT2D eigenvalue weighted by molar-refractivity contribution is 6.48. The summed E-state index contributed by atoms with van der Waals surface area (Å²) in [5, 5.41) is 17.3. The quantitative estimate of drug-likeness (QED) is 0.0795. The molecule has 210 valence electrons. The van der Waals surface area contributed by atoms with Crippen molar-refractivity contribution in [1.29, 1.82) is 0 Å². The van der Waals surface area contributed by atoms with E-state index in [2.05, 4.69) is 57.7 Å². The van der Waals surface area contributed by atoms with Gasteiger partial charge in [-0.25, -0.2) is 4.79 Å². The molecule has 0 aliphatic heterocycles. The minimum atomic E-state index is -1.10. The number of aliphatic hydroxyl groups excluding tert-OH is 1. The molecule has 7 nitrogen and oxygen atoms in total. The third kappa shape index (κ3) is 7.79. The smallest absolute Gasteiger partial charge is 0.338 e. The summed E-state index contributed by atoms with van der Waals surface area (Å²) in [7, 11) is 0. The van der Waals surface area contributed by atoms with Crippen LogP contribution in [-0.2, 0) is 25.2 Å². The molecule has 0 saturated carbocycles. The predicted molar refractivity (Wildman–Crippen MR) is 155 cm³/mol. The fourth-order valence-corrected chi connectivity index (χ4v) is 4.79. The molecule has 1 amide bonds. The Hall–Kier alpha value is -3.45. The van der Waals surface area contributed by atoms with Crippen molar-refractivity contribution in [2.24, 2.45) is 5.16 Å². The number of carbonyl (C=O) groups excluding carboxylic acids is 2. The van der Waals surface area contributed by atoms with Gasteiger partial charge in [0.1, 0.15) is 6.61 Å². The summed E-state index contributed by atoms with van der Waals surface area (Å²) in [4.78, 5) is 31.0. The largest absolute Gasteiger partial charge is 0.458 e. The molecule has 2 N–H and O–H groups in total. The number of ether oxygens (including phenoxy) is 1. The predicted octanol–water partition coefficient (Wildman–Crippen LogP) is 6.64. The Kier molecular flexibility index (Phi) is 10.1. The number of amides is 1. The van der Waals surface area contributed by atoms with E-state index in [0.29, 0.717) is 23.2 Å². The molecule has 0 saturated heterocycles. The average molecular weight is 535 g/mol. The molecule has 0 bridgehead atoms. The van der Waals surface area contributed by atoms with Gasteiger partial charge in [0.05, 0.1) is 5.56 Å². The molecule has 3 rings (SSSR count).